The molecule has 0 aromatic heterocycles. The summed E-state index contributed by atoms with van der Waals surface area (Å²) in [6.45, 7) is 0.830. The molecule has 0 bridgehead atoms. The van der Waals surface area contributed by atoms with Crippen LogP contribution in [0.3, 0.4) is 0 Å². The average molecular weight is 304 g/mol. The van der Waals surface area contributed by atoms with E-state index in [9.17, 15) is 9.59 Å². The van der Waals surface area contributed by atoms with E-state index in [1.807, 2.05) is 12.1 Å². The molecule has 118 valence electrons. The molecule has 1 saturated heterocycles. The third kappa shape index (κ3) is 3.06. The lowest BCUT2D eigenvalue weighted by Crippen LogP contribution is -2.55. The number of hydrogen-bond acceptors (Lipinski definition) is 4. The number of morpholine rings is 1. The molecule has 6 nitrogen and oxygen atoms in total. The Morgan fingerprint density at radius 3 is 2.95 bits per heavy atom. The van der Waals surface area contributed by atoms with Gasteiger partial charge in [-0.1, -0.05) is 6.07 Å². The van der Waals surface area contributed by atoms with E-state index in [0.717, 1.165) is 12.8 Å². The van der Waals surface area contributed by atoms with Crippen LogP contribution < -0.4 is 10.5 Å². The van der Waals surface area contributed by atoms with Gasteiger partial charge in [0, 0.05) is 6.54 Å². The van der Waals surface area contributed by atoms with Crippen molar-refractivity contribution in [3.8, 4) is 5.75 Å². The lowest BCUT2D eigenvalue weighted by molar-refractivity contribution is -0.148. The number of carbonyl (C=O) groups excluding carboxylic acids is 2. The predicted molar refractivity (Wildman–Crippen MR) is 79.5 cm³/mol. The van der Waals surface area contributed by atoms with Crippen molar-refractivity contribution in [3.05, 3.63) is 29.3 Å². The summed E-state index contributed by atoms with van der Waals surface area (Å²) in [7, 11) is 0. The van der Waals surface area contributed by atoms with E-state index in [0.29, 0.717) is 18.9 Å². The van der Waals surface area contributed by atoms with Crippen LogP contribution in [0.1, 0.15) is 17.5 Å². The van der Waals surface area contributed by atoms with Crippen molar-refractivity contribution in [2.45, 2.75) is 25.3 Å². The maximum atomic E-state index is 12.3. The second kappa shape index (κ2) is 6.36. The minimum absolute atomic E-state index is 0.0947. The predicted octanol–water partition coefficient (Wildman–Crippen LogP) is 0.267. The van der Waals surface area contributed by atoms with Crippen molar-refractivity contribution in [2.24, 2.45) is 5.73 Å². The molecular weight excluding hydrogens is 284 g/mol. The monoisotopic (exact) mass is 304 g/mol. The first-order valence-corrected chi connectivity index (χ1v) is 7.56. The number of rotatable bonds is 4. The Labute approximate surface area is 129 Å². The first-order chi connectivity index (χ1) is 10.6. The molecule has 2 aliphatic rings. The topological polar surface area (TPSA) is 81.9 Å². The summed E-state index contributed by atoms with van der Waals surface area (Å²) in [6, 6.07) is 5.25. The number of fused-ring (bicyclic) bond motifs is 1. The van der Waals surface area contributed by atoms with Gasteiger partial charge in [0.1, 0.15) is 11.8 Å². The Hall–Kier alpha value is -2.08. The zero-order valence-corrected chi connectivity index (χ0v) is 12.4. The fraction of sp³-hybridized carbons (Fsp3) is 0.500. The van der Waals surface area contributed by atoms with E-state index in [1.54, 1.807) is 0 Å². The van der Waals surface area contributed by atoms with E-state index in [4.69, 9.17) is 15.2 Å². The number of carbonyl (C=O) groups is 2. The van der Waals surface area contributed by atoms with Gasteiger partial charge in [-0.05, 0) is 42.5 Å². The van der Waals surface area contributed by atoms with Crippen LogP contribution in [0.15, 0.2) is 18.2 Å². The Morgan fingerprint density at radius 2 is 2.14 bits per heavy atom. The maximum Gasteiger partial charge on any atom is 0.261 e. The first kappa shape index (κ1) is 14.8. The van der Waals surface area contributed by atoms with Crippen LogP contribution in [0.25, 0.3) is 0 Å². The number of hydrogen-bond donors (Lipinski definition) is 1. The summed E-state index contributed by atoms with van der Waals surface area (Å²) in [6.07, 6.45) is 3.35. The van der Waals surface area contributed by atoms with Gasteiger partial charge in [0.15, 0.2) is 6.61 Å². The van der Waals surface area contributed by atoms with Crippen molar-refractivity contribution in [1.29, 1.82) is 0 Å². The fourth-order valence-electron chi connectivity index (χ4n) is 3.00. The minimum Gasteiger partial charge on any atom is -0.484 e. The number of benzene rings is 1. The smallest absolute Gasteiger partial charge is 0.261 e. The van der Waals surface area contributed by atoms with Gasteiger partial charge >= 0.3 is 0 Å². The van der Waals surface area contributed by atoms with Gasteiger partial charge in [-0.25, -0.2) is 0 Å². The van der Waals surface area contributed by atoms with Gasteiger partial charge in [-0.15, -0.1) is 0 Å². The Balaban J connectivity index is 1.60. The van der Waals surface area contributed by atoms with Gasteiger partial charge in [-0.2, -0.15) is 0 Å². The molecule has 0 saturated carbocycles. The van der Waals surface area contributed by atoms with E-state index < -0.39 is 11.9 Å². The van der Waals surface area contributed by atoms with Gasteiger partial charge in [-0.3, -0.25) is 9.59 Å². The normalized spacial score (nSPS) is 20.5. The second-order valence-corrected chi connectivity index (χ2v) is 5.65. The summed E-state index contributed by atoms with van der Waals surface area (Å²) < 4.78 is 10.8. The van der Waals surface area contributed by atoms with Crippen LogP contribution in [-0.4, -0.2) is 49.1 Å². The van der Waals surface area contributed by atoms with Gasteiger partial charge in [0.2, 0.25) is 5.91 Å². The maximum absolute atomic E-state index is 12.3. The molecule has 1 atom stereocenters. The molecule has 1 fully saturated rings. The van der Waals surface area contributed by atoms with Crippen molar-refractivity contribution in [3.63, 3.8) is 0 Å². The minimum atomic E-state index is -0.704. The van der Waals surface area contributed by atoms with E-state index in [2.05, 4.69) is 6.07 Å². The number of primary amides is 1. The highest BCUT2D eigenvalue weighted by atomic mass is 16.5. The SMILES string of the molecule is NC(=O)C1COCCN1C(=O)COc1ccc2c(c1)CCC2. The Morgan fingerprint density at radius 1 is 1.32 bits per heavy atom. The third-order valence-corrected chi connectivity index (χ3v) is 4.21. The molecule has 1 aromatic carbocycles. The number of amides is 2. The number of ether oxygens (including phenoxy) is 2. The largest absolute Gasteiger partial charge is 0.484 e. The average Bonchev–Trinajstić information content (AvgIpc) is 3.00. The highest BCUT2D eigenvalue weighted by Gasteiger charge is 2.31. The molecule has 22 heavy (non-hydrogen) atoms. The zero-order valence-electron chi connectivity index (χ0n) is 12.4. The molecule has 2 amide bonds. The molecule has 0 spiro atoms. The fourth-order valence-corrected chi connectivity index (χ4v) is 3.00. The Kier molecular flexibility index (Phi) is 4.29. The lowest BCUT2D eigenvalue weighted by Gasteiger charge is -2.33. The molecule has 6 heteroatoms. The third-order valence-electron chi connectivity index (χ3n) is 4.21. The quantitative estimate of drug-likeness (QED) is 0.865. The number of aryl methyl sites for hydroxylation is 2. The summed E-state index contributed by atoms with van der Waals surface area (Å²) in [5, 5.41) is 0. The summed E-state index contributed by atoms with van der Waals surface area (Å²) in [4.78, 5) is 25.1. The van der Waals surface area contributed by atoms with Crippen LogP contribution in [0.4, 0.5) is 0 Å². The molecule has 1 heterocycles. The van der Waals surface area contributed by atoms with E-state index in [-0.39, 0.29) is 19.1 Å². The molecule has 1 unspecified atom stereocenters. The second-order valence-electron chi connectivity index (χ2n) is 5.65. The van der Waals surface area contributed by atoms with Crippen molar-refractivity contribution < 1.29 is 19.1 Å². The van der Waals surface area contributed by atoms with Crippen LogP contribution in [0, 0.1) is 0 Å². The number of nitrogens with two attached hydrogens (primary N) is 1. The van der Waals surface area contributed by atoms with Crippen LogP contribution in [0.5, 0.6) is 5.75 Å². The van der Waals surface area contributed by atoms with Crippen LogP contribution in [-0.2, 0) is 27.2 Å². The molecule has 1 aliphatic heterocycles. The van der Waals surface area contributed by atoms with Gasteiger partial charge in [0.05, 0.1) is 13.2 Å². The van der Waals surface area contributed by atoms with Crippen LogP contribution in [0.2, 0.25) is 0 Å². The molecule has 2 N–H and O–H groups in total. The standard InChI is InChI=1S/C16H20N2O4/c17-16(20)14-9-21-7-6-18(14)15(19)10-22-13-5-4-11-2-1-3-12(11)8-13/h4-5,8,14H,1-3,6-7,9-10H2,(H2,17,20). The molecule has 1 aromatic rings. The summed E-state index contributed by atoms with van der Waals surface area (Å²) >= 11 is 0. The van der Waals surface area contributed by atoms with E-state index >= 15 is 0 Å². The molecule has 1 aliphatic carbocycles. The highest BCUT2D eigenvalue weighted by Crippen LogP contribution is 2.26. The summed E-state index contributed by atoms with van der Waals surface area (Å²) in [5.41, 5.74) is 7.97. The Bertz CT molecular complexity index is 588. The van der Waals surface area contributed by atoms with Gasteiger partial charge in [0.25, 0.3) is 5.91 Å². The highest BCUT2D eigenvalue weighted by molar-refractivity contribution is 5.87. The molecular formula is C16H20N2O4. The first-order valence-electron chi connectivity index (χ1n) is 7.56. The zero-order chi connectivity index (χ0) is 15.5. The molecule has 0 radical (unpaired) electrons. The number of nitrogens with zero attached hydrogens (tertiary/aromatic N) is 1. The van der Waals surface area contributed by atoms with Gasteiger partial charge < -0.3 is 20.1 Å². The van der Waals surface area contributed by atoms with Crippen molar-refractivity contribution in [1.82, 2.24) is 4.90 Å². The lowest BCUT2D eigenvalue weighted by atomic mass is 10.1. The van der Waals surface area contributed by atoms with Crippen LogP contribution >= 0.6 is 0 Å². The molecule has 3 rings (SSSR count). The summed E-state index contributed by atoms with van der Waals surface area (Å²) in [5.74, 6) is -0.101. The van der Waals surface area contributed by atoms with Crippen molar-refractivity contribution >= 4 is 11.8 Å². The van der Waals surface area contributed by atoms with Crippen molar-refractivity contribution in [2.75, 3.05) is 26.4 Å². The van der Waals surface area contributed by atoms with E-state index in [1.165, 1.54) is 22.4 Å².